The first-order chi connectivity index (χ1) is 10.6. The molecule has 1 fully saturated rings. The molecule has 0 unspecified atom stereocenters. The van der Waals surface area contributed by atoms with Crippen LogP contribution in [0.4, 0.5) is 0 Å². The number of hydrogen-bond acceptors (Lipinski definition) is 6. The maximum atomic E-state index is 12.3. The van der Waals surface area contributed by atoms with E-state index in [1.165, 1.54) is 0 Å². The Morgan fingerprint density at radius 3 is 2.61 bits per heavy atom. The minimum atomic E-state index is -3.61. The Labute approximate surface area is 137 Å². The van der Waals surface area contributed by atoms with Crippen LogP contribution >= 0.6 is 0 Å². The molecule has 1 aliphatic rings. The van der Waals surface area contributed by atoms with Crippen LogP contribution in [0.25, 0.3) is 0 Å². The largest absolute Gasteiger partial charge is 0.339 e. The molecule has 0 aliphatic carbocycles. The molecule has 130 valence electrons. The molecule has 1 amide bonds. The van der Waals surface area contributed by atoms with Gasteiger partial charge in [0.15, 0.2) is 15.7 Å². The second-order valence-corrected chi connectivity index (χ2v) is 9.29. The standard InChI is InChI=1S/C15H25N3O4S/c1-11-7-5-6-8-18(11)13(19)10-23(20,21)9-12-16-14(22-17-12)15(2,3)4/h11H,5-10H2,1-4H3/t11-/m0/s1. The number of carbonyl (C=O) groups excluding carboxylic acids is 1. The fourth-order valence-electron chi connectivity index (χ4n) is 2.60. The first-order valence-corrected chi connectivity index (χ1v) is 9.73. The third kappa shape index (κ3) is 4.76. The molecule has 1 saturated heterocycles. The number of aromatic nitrogens is 2. The summed E-state index contributed by atoms with van der Waals surface area (Å²) < 4.78 is 29.6. The molecule has 0 N–H and O–H groups in total. The molecule has 1 atom stereocenters. The predicted molar refractivity (Wildman–Crippen MR) is 85.5 cm³/mol. The van der Waals surface area contributed by atoms with E-state index in [-0.39, 0.29) is 28.9 Å². The molecule has 0 bridgehead atoms. The van der Waals surface area contributed by atoms with Gasteiger partial charge in [0.2, 0.25) is 11.8 Å². The van der Waals surface area contributed by atoms with E-state index >= 15 is 0 Å². The van der Waals surface area contributed by atoms with Crippen LogP contribution in [0.3, 0.4) is 0 Å². The first-order valence-electron chi connectivity index (χ1n) is 7.91. The fourth-order valence-corrected chi connectivity index (χ4v) is 3.76. The van der Waals surface area contributed by atoms with Gasteiger partial charge in [0.1, 0.15) is 11.5 Å². The predicted octanol–water partition coefficient (Wildman–Crippen LogP) is 1.68. The van der Waals surface area contributed by atoms with Crippen molar-refractivity contribution in [3.05, 3.63) is 11.7 Å². The molecular weight excluding hydrogens is 318 g/mol. The minimum absolute atomic E-state index is 0.101. The van der Waals surface area contributed by atoms with Gasteiger partial charge in [-0.15, -0.1) is 0 Å². The molecule has 0 saturated carbocycles. The molecule has 1 aliphatic heterocycles. The molecule has 23 heavy (non-hydrogen) atoms. The quantitative estimate of drug-likeness (QED) is 0.826. The van der Waals surface area contributed by atoms with Crippen molar-refractivity contribution < 1.29 is 17.7 Å². The number of sulfone groups is 1. The van der Waals surface area contributed by atoms with Crippen molar-refractivity contribution in [3.63, 3.8) is 0 Å². The number of piperidine rings is 1. The van der Waals surface area contributed by atoms with Gasteiger partial charge in [-0.05, 0) is 26.2 Å². The monoisotopic (exact) mass is 343 g/mol. The molecular formula is C15H25N3O4S. The van der Waals surface area contributed by atoms with E-state index < -0.39 is 15.6 Å². The highest BCUT2D eigenvalue weighted by Crippen LogP contribution is 2.21. The van der Waals surface area contributed by atoms with Crippen LogP contribution in [-0.2, 0) is 25.8 Å². The number of amides is 1. The van der Waals surface area contributed by atoms with Gasteiger partial charge < -0.3 is 9.42 Å². The molecule has 2 heterocycles. The molecule has 2 rings (SSSR count). The molecule has 8 heteroatoms. The van der Waals surface area contributed by atoms with Crippen molar-refractivity contribution in [1.82, 2.24) is 15.0 Å². The number of nitrogens with zero attached hydrogens (tertiary/aromatic N) is 3. The van der Waals surface area contributed by atoms with Gasteiger partial charge in [0.25, 0.3) is 0 Å². The second-order valence-electron chi connectivity index (χ2n) is 7.23. The van der Waals surface area contributed by atoms with E-state index in [2.05, 4.69) is 10.1 Å². The molecule has 0 spiro atoms. The number of likely N-dealkylation sites (tertiary alicyclic amines) is 1. The lowest BCUT2D eigenvalue weighted by atomic mass is 9.97. The Hall–Kier alpha value is -1.44. The van der Waals surface area contributed by atoms with E-state index in [1.807, 2.05) is 27.7 Å². The second kappa shape index (κ2) is 6.59. The van der Waals surface area contributed by atoms with E-state index in [0.29, 0.717) is 12.4 Å². The lowest BCUT2D eigenvalue weighted by Gasteiger charge is -2.33. The molecule has 0 radical (unpaired) electrons. The normalized spacial score (nSPS) is 19.8. The van der Waals surface area contributed by atoms with E-state index in [4.69, 9.17) is 4.52 Å². The van der Waals surface area contributed by atoms with E-state index in [9.17, 15) is 13.2 Å². The number of rotatable bonds is 4. The lowest BCUT2D eigenvalue weighted by molar-refractivity contribution is -0.131. The average molecular weight is 343 g/mol. The molecule has 7 nitrogen and oxygen atoms in total. The van der Waals surface area contributed by atoms with Crippen LogP contribution in [0.1, 0.15) is 58.7 Å². The third-order valence-electron chi connectivity index (χ3n) is 3.93. The van der Waals surface area contributed by atoms with Crippen LogP contribution in [0, 0.1) is 0 Å². The third-order valence-corrected chi connectivity index (χ3v) is 5.31. The highest BCUT2D eigenvalue weighted by atomic mass is 32.2. The topological polar surface area (TPSA) is 93.4 Å². The molecule has 1 aromatic heterocycles. The maximum absolute atomic E-state index is 12.3. The van der Waals surface area contributed by atoms with Crippen LogP contribution in [0.5, 0.6) is 0 Å². The Balaban J connectivity index is 2.01. The van der Waals surface area contributed by atoms with E-state index in [1.54, 1.807) is 4.90 Å². The highest BCUT2D eigenvalue weighted by molar-refractivity contribution is 7.91. The van der Waals surface area contributed by atoms with Crippen molar-refractivity contribution in [2.75, 3.05) is 12.3 Å². The van der Waals surface area contributed by atoms with Gasteiger partial charge in [-0.3, -0.25) is 4.79 Å². The van der Waals surface area contributed by atoms with Gasteiger partial charge in [-0.25, -0.2) is 8.42 Å². The summed E-state index contributed by atoms with van der Waals surface area (Å²) in [5.74, 6) is -0.720. The first kappa shape index (κ1) is 17.9. The summed E-state index contributed by atoms with van der Waals surface area (Å²) in [5.41, 5.74) is -0.339. The van der Waals surface area contributed by atoms with Crippen LogP contribution in [0.2, 0.25) is 0 Å². The van der Waals surface area contributed by atoms with Crippen molar-refractivity contribution in [2.45, 2.75) is 64.2 Å². The van der Waals surface area contributed by atoms with Gasteiger partial charge >= 0.3 is 0 Å². The summed E-state index contributed by atoms with van der Waals surface area (Å²) in [6.45, 7) is 8.30. The van der Waals surface area contributed by atoms with Crippen LogP contribution in [-0.4, -0.2) is 47.7 Å². The summed E-state index contributed by atoms with van der Waals surface area (Å²) in [5, 5.41) is 3.71. The zero-order chi connectivity index (χ0) is 17.3. The van der Waals surface area contributed by atoms with Gasteiger partial charge in [0.05, 0.1) is 0 Å². The van der Waals surface area contributed by atoms with Crippen molar-refractivity contribution >= 4 is 15.7 Å². The Morgan fingerprint density at radius 1 is 1.35 bits per heavy atom. The summed E-state index contributed by atoms with van der Waals surface area (Å²) in [4.78, 5) is 18.0. The summed E-state index contributed by atoms with van der Waals surface area (Å²) in [6, 6.07) is 0.101. The average Bonchev–Trinajstić information content (AvgIpc) is 2.86. The summed E-state index contributed by atoms with van der Waals surface area (Å²) in [6.07, 6.45) is 2.93. The van der Waals surface area contributed by atoms with Gasteiger partial charge in [-0.1, -0.05) is 25.9 Å². The smallest absolute Gasteiger partial charge is 0.238 e. The molecule has 1 aromatic rings. The Morgan fingerprint density at radius 2 is 2.04 bits per heavy atom. The Kier molecular flexibility index (Phi) is 5.13. The molecule has 0 aromatic carbocycles. The minimum Gasteiger partial charge on any atom is -0.339 e. The van der Waals surface area contributed by atoms with Crippen molar-refractivity contribution in [1.29, 1.82) is 0 Å². The van der Waals surface area contributed by atoms with Gasteiger partial charge in [0, 0.05) is 18.0 Å². The Bertz CT molecular complexity index is 661. The van der Waals surface area contributed by atoms with Gasteiger partial charge in [-0.2, -0.15) is 4.98 Å². The van der Waals surface area contributed by atoms with Crippen molar-refractivity contribution in [3.8, 4) is 0 Å². The lowest BCUT2D eigenvalue weighted by Crippen LogP contribution is -2.44. The van der Waals surface area contributed by atoms with Crippen LogP contribution < -0.4 is 0 Å². The summed E-state index contributed by atoms with van der Waals surface area (Å²) >= 11 is 0. The van der Waals surface area contributed by atoms with Crippen molar-refractivity contribution in [2.24, 2.45) is 0 Å². The zero-order valence-corrected chi connectivity index (χ0v) is 15.0. The van der Waals surface area contributed by atoms with E-state index in [0.717, 1.165) is 19.3 Å². The SMILES string of the molecule is C[C@H]1CCCCN1C(=O)CS(=O)(=O)Cc1noc(C(C)(C)C)n1. The van der Waals surface area contributed by atoms with Crippen LogP contribution in [0.15, 0.2) is 4.52 Å². The summed E-state index contributed by atoms with van der Waals surface area (Å²) in [7, 11) is -3.61. The highest BCUT2D eigenvalue weighted by Gasteiger charge is 2.29. The maximum Gasteiger partial charge on any atom is 0.238 e. The zero-order valence-electron chi connectivity index (χ0n) is 14.2. The fraction of sp³-hybridized carbons (Fsp3) is 0.800. The number of hydrogen-bond donors (Lipinski definition) is 0. The number of carbonyl (C=O) groups is 1.